The summed E-state index contributed by atoms with van der Waals surface area (Å²) in [5.41, 5.74) is 2.79. The average molecular weight is 430 g/mol. The second-order valence-corrected chi connectivity index (χ2v) is 7.51. The van der Waals surface area contributed by atoms with Crippen molar-refractivity contribution in [3.8, 4) is 28.8 Å². The van der Waals surface area contributed by atoms with Crippen LogP contribution in [0.15, 0.2) is 48.0 Å². The number of allylic oxidation sites excluding steroid dienone is 1. The van der Waals surface area contributed by atoms with Gasteiger partial charge in [-0.05, 0) is 24.3 Å². The SMILES string of the molecule is N#CC(=CNc1ccc2c(c1)OCCO2)c1nc(-c2ccc(Cl)c(Cl)c2)cs1. The standard InChI is InChI=1S/C20H13Cl2N3O2S/c21-15-3-1-12(7-16(15)22)17-11-28-20(25-17)13(9-23)10-24-14-2-4-18-19(8-14)27-6-5-26-18/h1-4,7-8,10-11,24H,5-6H2. The number of anilines is 1. The number of hydrogen-bond acceptors (Lipinski definition) is 6. The highest BCUT2D eigenvalue weighted by Crippen LogP contribution is 2.33. The highest BCUT2D eigenvalue weighted by molar-refractivity contribution is 7.11. The highest BCUT2D eigenvalue weighted by atomic mass is 35.5. The number of thiazole rings is 1. The summed E-state index contributed by atoms with van der Waals surface area (Å²) in [5, 5.41) is 16.1. The van der Waals surface area contributed by atoms with Crippen molar-refractivity contribution in [1.29, 1.82) is 5.26 Å². The van der Waals surface area contributed by atoms with E-state index < -0.39 is 0 Å². The van der Waals surface area contributed by atoms with E-state index in [2.05, 4.69) is 16.4 Å². The number of nitriles is 1. The van der Waals surface area contributed by atoms with Gasteiger partial charge in [0.1, 0.15) is 29.9 Å². The summed E-state index contributed by atoms with van der Waals surface area (Å²) >= 11 is 13.4. The van der Waals surface area contributed by atoms with Crippen molar-refractivity contribution >= 4 is 45.8 Å². The smallest absolute Gasteiger partial charge is 0.163 e. The monoisotopic (exact) mass is 429 g/mol. The van der Waals surface area contributed by atoms with Gasteiger partial charge in [-0.15, -0.1) is 11.3 Å². The van der Waals surface area contributed by atoms with E-state index in [4.69, 9.17) is 32.7 Å². The van der Waals surface area contributed by atoms with E-state index in [-0.39, 0.29) is 0 Å². The van der Waals surface area contributed by atoms with Gasteiger partial charge in [-0.3, -0.25) is 0 Å². The van der Waals surface area contributed by atoms with Crippen LogP contribution in [-0.2, 0) is 0 Å². The number of halogens is 2. The Hall–Kier alpha value is -2.72. The lowest BCUT2D eigenvalue weighted by molar-refractivity contribution is 0.171. The van der Waals surface area contributed by atoms with Gasteiger partial charge in [0.15, 0.2) is 11.5 Å². The molecule has 140 valence electrons. The Morgan fingerprint density at radius 3 is 2.71 bits per heavy atom. The number of rotatable bonds is 4. The topological polar surface area (TPSA) is 67.2 Å². The van der Waals surface area contributed by atoms with Crippen LogP contribution in [0.2, 0.25) is 10.0 Å². The second-order valence-electron chi connectivity index (χ2n) is 5.84. The molecule has 2 aromatic carbocycles. The molecular formula is C20H13Cl2N3O2S. The van der Waals surface area contributed by atoms with E-state index in [9.17, 15) is 5.26 Å². The van der Waals surface area contributed by atoms with Crippen molar-refractivity contribution in [1.82, 2.24) is 4.98 Å². The molecule has 3 aromatic rings. The molecule has 5 nitrogen and oxygen atoms in total. The minimum Gasteiger partial charge on any atom is -0.486 e. The van der Waals surface area contributed by atoms with E-state index >= 15 is 0 Å². The largest absolute Gasteiger partial charge is 0.486 e. The molecule has 0 saturated heterocycles. The maximum Gasteiger partial charge on any atom is 0.163 e. The molecule has 1 aliphatic heterocycles. The summed E-state index contributed by atoms with van der Waals surface area (Å²) in [6.45, 7) is 1.07. The van der Waals surface area contributed by atoms with Crippen LogP contribution >= 0.6 is 34.5 Å². The highest BCUT2D eigenvalue weighted by Gasteiger charge is 2.13. The Kier molecular flexibility index (Phi) is 5.40. The van der Waals surface area contributed by atoms with Crippen molar-refractivity contribution in [3.05, 3.63) is 63.0 Å². The molecule has 0 bridgehead atoms. The van der Waals surface area contributed by atoms with Crippen LogP contribution in [0.5, 0.6) is 11.5 Å². The number of hydrogen-bond donors (Lipinski definition) is 1. The molecule has 1 aromatic heterocycles. The molecule has 0 aliphatic carbocycles. The third kappa shape index (κ3) is 3.92. The molecule has 1 N–H and O–H groups in total. The summed E-state index contributed by atoms with van der Waals surface area (Å²) in [6.07, 6.45) is 1.63. The number of nitrogens with one attached hydrogen (secondary N) is 1. The fourth-order valence-electron chi connectivity index (χ4n) is 2.62. The predicted octanol–water partition coefficient (Wildman–Crippen LogP) is 5.86. The summed E-state index contributed by atoms with van der Waals surface area (Å²) in [7, 11) is 0. The number of nitrogens with zero attached hydrogens (tertiary/aromatic N) is 2. The zero-order valence-electron chi connectivity index (χ0n) is 14.4. The molecule has 28 heavy (non-hydrogen) atoms. The molecule has 2 heterocycles. The van der Waals surface area contributed by atoms with Gasteiger partial charge in [-0.25, -0.2) is 4.98 Å². The lowest BCUT2D eigenvalue weighted by atomic mass is 10.2. The van der Waals surface area contributed by atoms with E-state index in [1.165, 1.54) is 11.3 Å². The first-order valence-corrected chi connectivity index (χ1v) is 9.95. The minimum absolute atomic E-state index is 0.422. The Morgan fingerprint density at radius 2 is 1.93 bits per heavy atom. The van der Waals surface area contributed by atoms with Crippen LogP contribution < -0.4 is 14.8 Å². The molecule has 0 amide bonds. The fraction of sp³-hybridized carbons (Fsp3) is 0.100. The first-order valence-electron chi connectivity index (χ1n) is 8.32. The summed E-state index contributed by atoms with van der Waals surface area (Å²) in [6, 6.07) is 13.0. The second kappa shape index (κ2) is 8.11. The zero-order valence-corrected chi connectivity index (χ0v) is 16.7. The van der Waals surface area contributed by atoms with Gasteiger partial charge in [0.25, 0.3) is 0 Å². The van der Waals surface area contributed by atoms with Crippen LogP contribution in [0, 0.1) is 11.3 Å². The molecule has 4 rings (SSSR count). The van der Waals surface area contributed by atoms with Gasteiger partial charge in [0.05, 0.1) is 15.7 Å². The molecule has 0 spiro atoms. The molecule has 0 radical (unpaired) electrons. The van der Waals surface area contributed by atoms with Gasteiger partial charge in [-0.1, -0.05) is 29.3 Å². The molecule has 8 heteroatoms. The summed E-state index contributed by atoms with van der Waals surface area (Å²) in [5.74, 6) is 1.40. The molecule has 0 saturated carbocycles. The Morgan fingerprint density at radius 1 is 1.11 bits per heavy atom. The van der Waals surface area contributed by atoms with Crippen molar-refractivity contribution in [2.45, 2.75) is 0 Å². The van der Waals surface area contributed by atoms with E-state index in [1.54, 1.807) is 18.3 Å². The van der Waals surface area contributed by atoms with Crippen molar-refractivity contribution in [2.24, 2.45) is 0 Å². The number of ether oxygens (including phenoxy) is 2. The zero-order chi connectivity index (χ0) is 19.5. The van der Waals surface area contributed by atoms with Crippen LogP contribution in [-0.4, -0.2) is 18.2 Å². The Labute approximate surface area is 175 Å². The predicted molar refractivity (Wildman–Crippen MR) is 112 cm³/mol. The number of aromatic nitrogens is 1. The third-order valence-corrected chi connectivity index (χ3v) is 5.61. The average Bonchev–Trinajstić information content (AvgIpc) is 3.20. The maximum atomic E-state index is 9.54. The fourth-order valence-corrected chi connectivity index (χ4v) is 3.71. The van der Waals surface area contributed by atoms with E-state index in [0.29, 0.717) is 45.3 Å². The maximum absolute atomic E-state index is 9.54. The summed E-state index contributed by atoms with van der Waals surface area (Å²) < 4.78 is 11.1. The first-order chi connectivity index (χ1) is 13.6. The molecule has 0 unspecified atom stereocenters. The van der Waals surface area contributed by atoms with Crippen molar-refractivity contribution in [2.75, 3.05) is 18.5 Å². The van der Waals surface area contributed by atoms with Gasteiger partial charge >= 0.3 is 0 Å². The quantitative estimate of drug-likeness (QED) is 0.525. The molecule has 0 atom stereocenters. The van der Waals surface area contributed by atoms with Crippen molar-refractivity contribution in [3.63, 3.8) is 0 Å². The van der Waals surface area contributed by atoms with E-state index in [0.717, 1.165) is 16.9 Å². The van der Waals surface area contributed by atoms with Crippen LogP contribution in [0.3, 0.4) is 0 Å². The van der Waals surface area contributed by atoms with Gasteiger partial charge in [0, 0.05) is 28.9 Å². The molecule has 1 aliphatic rings. The normalized spacial score (nSPS) is 13.1. The Balaban J connectivity index is 1.55. The van der Waals surface area contributed by atoms with Crippen molar-refractivity contribution < 1.29 is 9.47 Å². The van der Waals surface area contributed by atoms with Crippen LogP contribution in [0.1, 0.15) is 5.01 Å². The lowest BCUT2D eigenvalue weighted by Gasteiger charge is -2.18. The van der Waals surface area contributed by atoms with Gasteiger partial charge < -0.3 is 14.8 Å². The number of fused-ring (bicyclic) bond motifs is 1. The van der Waals surface area contributed by atoms with Gasteiger partial charge in [0.2, 0.25) is 0 Å². The van der Waals surface area contributed by atoms with Crippen LogP contribution in [0.4, 0.5) is 5.69 Å². The summed E-state index contributed by atoms with van der Waals surface area (Å²) in [4.78, 5) is 4.55. The first kappa shape index (κ1) is 18.6. The van der Waals surface area contributed by atoms with E-state index in [1.807, 2.05) is 29.6 Å². The number of benzene rings is 2. The lowest BCUT2D eigenvalue weighted by Crippen LogP contribution is -2.15. The molecule has 0 fully saturated rings. The minimum atomic E-state index is 0.422. The van der Waals surface area contributed by atoms with Gasteiger partial charge in [-0.2, -0.15) is 5.26 Å². The Bertz CT molecular complexity index is 1110. The third-order valence-electron chi connectivity index (χ3n) is 4.00. The molecular weight excluding hydrogens is 417 g/mol. The van der Waals surface area contributed by atoms with Crippen LogP contribution in [0.25, 0.3) is 16.8 Å².